The second-order valence-corrected chi connectivity index (χ2v) is 3.59. The number of hydrogen-bond donors (Lipinski definition) is 1. The van der Waals surface area contributed by atoms with E-state index in [1.54, 1.807) is 6.92 Å². The summed E-state index contributed by atoms with van der Waals surface area (Å²) in [5.41, 5.74) is -0.477. The molecule has 0 aromatic carbocycles. The molecule has 1 aromatic heterocycles. The van der Waals surface area contributed by atoms with Gasteiger partial charge >= 0.3 is 11.7 Å². The van der Waals surface area contributed by atoms with Crippen molar-refractivity contribution >= 4 is 29.1 Å². The van der Waals surface area contributed by atoms with Crippen LogP contribution in [0.1, 0.15) is 13.8 Å². The Bertz CT molecular complexity index is 468. The summed E-state index contributed by atoms with van der Waals surface area (Å²) in [7, 11) is 0. The molecule has 98 valence electrons. The molecule has 0 spiro atoms. The van der Waals surface area contributed by atoms with Gasteiger partial charge in [0.15, 0.2) is 0 Å². The van der Waals surface area contributed by atoms with Crippen LogP contribution >= 0.6 is 11.6 Å². The van der Waals surface area contributed by atoms with Gasteiger partial charge in [-0.15, -0.1) is 0 Å². The molecule has 1 unspecified atom stereocenters. The number of esters is 1. The first-order valence-electron chi connectivity index (χ1n) is 5.05. The molecule has 0 aliphatic rings. The first-order chi connectivity index (χ1) is 8.47. The van der Waals surface area contributed by atoms with E-state index in [4.69, 9.17) is 16.3 Å². The van der Waals surface area contributed by atoms with Gasteiger partial charge in [0.1, 0.15) is 12.4 Å². The number of ether oxygens (including phenoxy) is 1. The number of carbonyl (C=O) groups excluding carboxylic acids is 1. The summed E-state index contributed by atoms with van der Waals surface area (Å²) in [5, 5.41) is 13.1. The molecule has 18 heavy (non-hydrogen) atoms. The predicted molar refractivity (Wildman–Crippen MR) is 63.4 cm³/mol. The predicted octanol–water partition coefficient (Wildman–Crippen LogP) is 1.40. The molecule has 0 amide bonds. The number of hydrogen-bond acceptors (Lipinski definition) is 7. The number of anilines is 1. The van der Waals surface area contributed by atoms with Gasteiger partial charge < -0.3 is 10.1 Å². The van der Waals surface area contributed by atoms with Gasteiger partial charge in [-0.05, 0) is 13.8 Å². The van der Waals surface area contributed by atoms with Gasteiger partial charge in [0.05, 0.1) is 11.5 Å². The van der Waals surface area contributed by atoms with Crippen LogP contribution in [0.25, 0.3) is 0 Å². The van der Waals surface area contributed by atoms with E-state index in [-0.39, 0.29) is 17.6 Å². The van der Waals surface area contributed by atoms with E-state index in [0.717, 1.165) is 6.33 Å². The number of aromatic nitrogens is 2. The van der Waals surface area contributed by atoms with E-state index in [1.165, 1.54) is 6.92 Å². The number of nitro groups is 1. The van der Waals surface area contributed by atoms with E-state index in [0.29, 0.717) is 0 Å². The summed E-state index contributed by atoms with van der Waals surface area (Å²) in [6.07, 6.45) is 1.07. The summed E-state index contributed by atoms with van der Waals surface area (Å²) in [4.78, 5) is 28.7. The van der Waals surface area contributed by atoms with Crippen molar-refractivity contribution in [3.8, 4) is 0 Å². The monoisotopic (exact) mass is 274 g/mol. The van der Waals surface area contributed by atoms with E-state index >= 15 is 0 Å². The van der Waals surface area contributed by atoms with Crippen molar-refractivity contribution in [2.24, 2.45) is 0 Å². The Morgan fingerprint density at radius 3 is 2.89 bits per heavy atom. The number of halogens is 1. The molecule has 1 atom stereocenters. The van der Waals surface area contributed by atoms with Crippen molar-refractivity contribution in [3.63, 3.8) is 0 Å². The lowest BCUT2D eigenvalue weighted by atomic mass is 10.3. The Labute approximate surface area is 107 Å². The molecule has 0 radical (unpaired) electrons. The first-order valence-corrected chi connectivity index (χ1v) is 5.43. The zero-order valence-corrected chi connectivity index (χ0v) is 10.5. The highest BCUT2D eigenvalue weighted by Crippen LogP contribution is 2.28. The third-order valence-electron chi connectivity index (χ3n) is 1.95. The fourth-order valence-electron chi connectivity index (χ4n) is 1.16. The van der Waals surface area contributed by atoms with Crippen LogP contribution in [0.5, 0.6) is 0 Å². The van der Waals surface area contributed by atoms with Crippen LogP contribution in [-0.2, 0) is 9.53 Å². The van der Waals surface area contributed by atoms with Gasteiger partial charge in [0, 0.05) is 0 Å². The molecule has 1 rings (SSSR count). The number of rotatable bonds is 5. The SMILES string of the molecule is CCOC(=O)C(C)Nc1ncnc(Cl)c1[N+](=O)[O-]. The molecule has 0 saturated heterocycles. The van der Waals surface area contributed by atoms with Crippen LogP contribution < -0.4 is 5.32 Å². The molecule has 9 heteroatoms. The Kier molecular flexibility index (Phi) is 4.78. The molecule has 0 fully saturated rings. The van der Waals surface area contributed by atoms with Crippen LogP contribution in [0.3, 0.4) is 0 Å². The normalized spacial score (nSPS) is 11.7. The second kappa shape index (κ2) is 6.10. The second-order valence-electron chi connectivity index (χ2n) is 3.24. The van der Waals surface area contributed by atoms with Crippen molar-refractivity contribution < 1.29 is 14.5 Å². The molecule has 1 heterocycles. The third kappa shape index (κ3) is 3.27. The molecule has 1 N–H and O–H groups in total. The van der Waals surface area contributed by atoms with Crippen LogP contribution in [0.15, 0.2) is 6.33 Å². The fourth-order valence-corrected chi connectivity index (χ4v) is 1.36. The number of nitrogens with one attached hydrogen (secondary N) is 1. The molecule has 0 saturated carbocycles. The van der Waals surface area contributed by atoms with E-state index in [1.807, 2.05) is 0 Å². The van der Waals surface area contributed by atoms with E-state index in [9.17, 15) is 14.9 Å². The summed E-state index contributed by atoms with van der Waals surface area (Å²) in [6, 6.07) is -0.783. The maximum absolute atomic E-state index is 11.4. The summed E-state index contributed by atoms with van der Waals surface area (Å²) >= 11 is 5.60. The lowest BCUT2D eigenvalue weighted by molar-refractivity contribution is -0.384. The highest BCUT2D eigenvalue weighted by Gasteiger charge is 2.24. The van der Waals surface area contributed by atoms with E-state index in [2.05, 4.69) is 15.3 Å². The van der Waals surface area contributed by atoms with Gasteiger partial charge in [0.2, 0.25) is 11.0 Å². The van der Waals surface area contributed by atoms with Gasteiger partial charge in [-0.2, -0.15) is 0 Å². The number of carbonyl (C=O) groups is 1. The highest BCUT2D eigenvalue weighted by molar-refractivity contribution is 6.31. The molecule has 0 aliphatic carbocycles. The highest BCUT2D eigenvalue weighted by atomic mass is 35.5. The van der Waals surface area contributed by atoms with Crippen LogP contribution in [0.4, 0.5) is 11.5 Å². The van der Waals surface area contributed by atoms with Gasteiger partial charge in [0.25, 0.3) is 0 Å². The standard InChI is InChI=1S/C9H11ClN4O4/c1-3-18-9(15)5(2)13-8-6(14(16)17)7(10)11-4-12-8/h4-5H,3H2,1-2H3,(H,11,12,13). The quantitative estimate of drug-likeness (QED) is 0.374. The van der Waals surface area contributed by atoms with Gasteiger partial charge in [-0.1, -0.05) is 11.6 Å². The summed E-state index contributed by atoms with van der Waals surface area (Å²) in [6.45, 7) is 3.38. The molecule has 8 nitrogen and oxygen atoms in total. The minimum atomic E-state index is -0.783. The average Bonchev–Trinajstić information content (AvgIpc) is 2.28. The van der Waals surface area contributed by atoms with Crippen molar-refractivity contribution in [3.05, 3.63) is 21.6 Å². The third-order valence-corrected chi connectivity index (χ3v) is 2.23. The molecule has 0 aliphatic heterocycles. The molecule has 1 aromatic rings. The van der Waals surface area contributed by atoms with Crippen molar-refractivity contribution in [2.45, 2.75) is 19.9 Å². The maximum Gasteiger partial charge on any atom is 0.348 e. The Hall–Kier alpha value is -1.96. The largest absolute Gasteiger partial charge is 0.464 e. The van der Waals surface area contributed by atoms with E-state index < -0.39 is 22.6 Å². The van der Waals surface area contributed by atoms with Crippen molar-refractivity contribution in [1.29, 1.82) is 0 Å². The summed E-state index contributed by atoms with van der Waals surface area (Å²) in [5.74, 6) is -0.665. The maximum atomic E-state index is 11.4. The Morgan fingerprint density at radius 1 is 1.67 bits per heavy atom. The topological polar surface area (TPSA) is 107 Å². The minimum Gasteiger partial charge on any atom is -0.464 e. The smallest absolute Gasteiger partial charge is 0.348 e. The zero-order chi connectivity index (χ0) is 13.7. The minimum absolute atomic E-state index is 0.124. The molecular formula is C9H11ClN4O4. The average molecular weight is 275 g/mol. The fraction of sp³-hybridized carbons (Fsp3) is 0.444. The van der Waals surface area contributed by atoms with Crippen LogP contribution in [0, 0.1) is 10.1 Å². The van der Waals surface area contributed by atoms with Crippen molar-refractivity contribution in [1.82, 2.24) is 9.97 Å². The number of nitrogens with zero attached hydrogens (tertiary/aromatic N) is 3. The van der Waals surface area contributed by atoms with Crippen LogP contribution in [-0.4, -0.2) is 33.5 Å². The van der Waals surface area contributed by atoms with Crippen molar-refractivity contribution in [2.75, 3.05) is 11.9 Å². The molecule has 0 bridgehead atoms. The summed E-state index contributed by atoms with van der Waals surface area (Å²) < 4.78 is 4.76. The van der Waals surface area contributed by atoms with Gasteiger partial charge in [-0.25, -0.2) is 14.8 Å². The zero-order valence-electron chi connectivity index (χ0n) is 9.71. The lowest BCUT2D eigenvalue weighted by Gasteiger charge is -2.12. The van der Waals surface area contributed by atoms with Crippen LogP contribution in [0.2, 0.25) is 5.15 Å². The Balaban J connectivity index is 2.94. The van der Waals surface area contributed by atoms with Gasteiger partial charge in [-0.3, -0.25) is 10.1 Å². The Morgan fingerprint density at radius 2 is 2.33 bits per heavy atom. The first kappa shape index (κ1) is 14.1. The molecular weight excluding hydrogens is 264 g/mol. The lowest BCUT2D eigenvalue weighted by Crippen LogP contribution is -2.29.